The molecule has 2 atom stereocenters. The van der Waals surface area contributed by atoms with Gasteiger partial charge >= 0.3 is 0 Å². The number of nitrogens with zero attached hydrogens (tertiary/aromatic N) is 2. The lowest BCUT2D eigenvalue weighted by molar-refractivity contribution is -0.0816. The predicted molar refractivity (Wildman–Crippen MR) is 106 cm³/mol. The molecule has 2 rings (SSSR count). The molecule has 0 aromatic carbocycles. The molecule has 6 heteroatoms. The SMILES string of the molecule is CN=C(NCCCC(C)(C)C)N1CCOC(C2CCCO2)C1.I. The van der Waals surface area contributed by atoms with Crippen molar-refractivity contribution in [1.82, 2.24) is 10.2 Å². The smallest absolute Gasteiger partial charge is 0.193 e. The van der Waals surface area contributed by atoms with E-state index in [9.17, 15) is 0 Å². The highest BCUT2D eigenvalue weighted by Crippen LogP contribution is 2.21. The Morgan fingerprint density at radius 2 is 1.96 bits per heavy atom. The van der Waals surface area contributed by atoms with E-state index in [2.05, 4.69) is 36.0 Å². The summed E-state index contributed by atoms with van der Waals surface area (Å²) >= 11 is 0. The van der Waals surface area contributed by atoms with Crippen molar-refractivity contribution in [2.24, 2.45) is 10.4 Å². The van der Waals surface area contributed by atoms with E-state index in [1.165, 1.54) is 12.8 Å². The summed E-state index contributed by atoms with van der Waals surface area (Å²) in [6.45, 7) is 11.3. The molecular formula is C17H34IN3O2. The molecule has 0 radical (unpaired) electrons. The monoisotopic (exact) mass is 439 g/mol. The molecule has 2 heterocycles. The number of rotatable bonds is 4. The first-order valence-corrected chi connectivity index (χ1v) is 8.68. The molecule has 0 saturated carbocycles. The van der Waals surface area contributed by atoms with Gasteiger partial charge in [-0.05, 0) is 31.1 Å². The molecule has 0 amide bonds. The molecular weight excluding hydrogens is 405 g/mol. The fourth-order valence-electron chi connectivity index (χ4n) is 3.14. The Morgan fingerprint density at radius 3 is 2.57 bits per heavy atom. The summed E-state index contributed by atoms with van der Waals surface area (Å²) in [6.07, 6.45) is 5.12. The van der Waals surface area contributed by atoms with Gasteiger partial charge in [0.25, 0.3) is 0 Å². The van der Waals surface area contributed by atoms with Crippen LogP contribution in [0.4, 0.5) is 0 Å². The number of morpholine rings is 1. The second kappa shape index (κ2) is 10.0. The Bertz CT molecular complexity index is 365. The highest BCUT2D eigenvalue weighted by atomic mass is 127. The average molecular weight is 439 g/mol. The topological polar surface area (TPSA) is 46.1 Å². The summed E-state index contributed by atoms with van der Waals surface area (Å²) in [5.74, 6) is 1.00. The van der Waals surface area contributed by atoms with Gasteiger partial charge in [0.2, 0.25) is 0 Å². The molecule has 2 saturated heterocycles. The van der Waals surface area contributed by atoms with Gasteiger partial charge in [-0.15, -0.1) is 24.0 Å². The summed E-state index contributed by atoms with van der Waals surface area (Å²) in [6, 6.07) is 0. The van der Waals surface area contributed by atoms with Crippen molar-refractivity contribution in [1.29, 1.82) is 0 Å². The Balaban J connectivity index is 0.00000264. The predicted octanol–water partition coefficient (Wildman–Crippen LogP) is 2.89. The van der Waals surface area contributed by atoms with E-state index in [4.69, 9.17) is 9.47 Å². The molecule has 2 aliphatic rings. The minimum atomic E-state index is 0. The number of hydrogen-bond donors (Lipinski definition) is 1. The lowest BCUT2D eigenvalue weighted by atomic mass is 9.91. The van der Waals surface area contributed by atoms with Crippen molar-refractivity contribution >= 4 is 29.9 Å². The van der Waals surface area contributed by atoms with Crippen LogP contribution >= 0.6 is 24.0 Å². The molecule has 2 unspecified atom stereocenters. The van der Waals surface area contributed by atoms with E-state index in [1.807, 2.05) is 7.05 Å². The van der Waals surface area contributed by atoms with Gasteiger partial charge in [0.15, 0.2) is 5.96 Å². The standard InChI is InChI=1S/C17H33N3O2.HI/c1-17(2,3)8-6-9-19-16(18-4)20-10-12-22-15(13-20)14-7-5-11-21-14;/h14-15H,5-13H2,1-4H3,(H,18,19);1H. The maximum atomic E-state index is 5.91. The first-order valence-electron chi connectivity index (χ1n) is 8.68. The van der Waals surface area contributed by atoms with Crippen molar-refractivity contribution < 1.29 is 9.47 Å². The third kappa shape index (κ3) is 7.13. The number of ether oxygens (including phenoxy) is 2. The maximum absolute atomic E-state index is 5.91. The minimum absolute atomic E-state index is 0. The zero-order valence-electron chi connectivity index (χ0n) is 15.1. The molecule has 0 spiro atoms. The van der Waals surface area contributed by atoms with E-state index in [0.717, 1.165) is 51.6 Å². The van der Waals surface area contributed by atoms with Crippen molar-refractivity contribution in [3.63, 3.8) is 0 Å². The summed E-state index contributed by atoms with van der Waals surface area (Å²) in [5.41, 5.74) is 0.398. The third-order valence-electron chi connectivity index (χ3n) is 4.37. The van der Waals surface area contributed by atoms with Gasteiger partial charge in [-0.2, -0.15) is 0 Å². The molecule has 2 fully saturated rings. The molecule has 23 heavy (non-hydrogen) atoms. The van der Waals surface area contributed by atoms with Crippen LogP contribution in [0.25, 0.3) is 0 Å². The number of nitrogens with one attached hydrogen (secondary N) is 1. The fraction of sp³-hybridized carbons (Fsp3) is 0.941. The summed E-state index contributed by atoms with van der Waals surface area (Å²) in [7, 11) is 1.86. The van der Waals surface area contributed by atoms with Crippen LogP contribution in [0.1, 0.15) is 46.5 Å². The van der Waals surface area contributed by atoms with Gasteiger partial charge in [-0.1, -0.05) is 20.8 Å². The van der Waals surface area contributed by atoms with Gasteiger partial charge in [0, 0.05) is 33.3 Å². The zero-order valence-corrected chi connectivity index (χ0v) is 17.5. The molecule has 0 bridgehead atoms. The van der Waals surface area contributed by atoms with Crippen LogP contribution in [0.15, 0.2) is 4.99 Å². The quantitative estimate of drug-likeness (QED) is 0.317. The van der Waals surface area contributed by atoms with Crippen LogP contribution in [0.2, 0.25) is 0 Å². The normalized spacial score (nSPS) is 26.1. The Kier molecular flexibility index (Phi) is 9.15. The van der Waals surface area contributed by atoms with E-state index in [1.54, 1.807) is 0 Å². The minimum Gasteiger partial charge on any atom is -0.375 e. The largest absolute Gasteiger partial charge is 0.375 e. The molecule has 5 nitrogen and oxygen atoms in total. The molecule has 1 N–H and O–H groups in total. The van der Waals surface area contributed by atoms with Crippen LogP contribution in [0.5, 0.6) is 0 Å². The first kappa shape index (κ1) is 21.0. The van der Waals surface area contributed by atoms with Crippen LogP contribution in [0.3, 0.4) is 0 Å². The molecule has 136 valence electrons. The van der Waals surface area contributed by atoms with E-state index in [-0.39, 0.29) is 36.2 Å². The lowest BCUT2D eigenvalue weighted by Crippen LogP contribution is -2.53. The van der Waals surface area contributed by atoms with Crippen LogP contribution in [-0.2, 0) is 9.47 Å². The summed E-state index contributed by atoms with van der Waals surface area (Å²) in [5, 5.41) is 3.50. The highest BCUT2D eigenvalue weighted by molar-refractivity contribution is 14.0. The average Bonchev–Trinajstić information content (AvgIpc) is 3.01. The lowest BCUT2D eigenvalue weighted by Gasteiger charge is -2.37. The number of guanidine groups is 1. The summed E-state index contributed by atoms with van der Waals surface area (Å²) in [4.78, 5) is 6.75. The van der Waals surface area contributed by atoms with Crippen molar-refractivity contribution in [3.8, 4) is 0 Å². The maximum Gasteiger partial charge on any atom is 0.193 e. The van der Waals surface area contributed by atoms with Gasteiger partial charge in [0.05, 0.1) is 12.7 Å². The van der Waals surface area contributed by atoms with Crippen molar-refractivity contribution in [3.05, 3.63) is 0 Å². The van der Waals surface area contributed by atoms with Crippen molar-refractivity contribution in [2.75, 3.05) is 39.9 Å². The molecule has 0 aromatic rings. The van der Waals surface area contributed by atoms with Gasteiger partial charge < -0.3 is 19.7 Å². The van der Waals surface area contributed by atoms with E-state index < -0.39 is 0 Å². The Hall–Kier alpha value is -0.0800. The molecule has 2 aliphatic heterocycles. The number of halogens is 1. The second-order valence-corrected chi connectivity index (χ2v) is 7.54. The van der Waals surface area contributed by atoms with Crippen molar-refractivity contribution in [2.45, 2.75) is 58.7 Å². The van der Waals surface area contributed by atoms with Crippen LogP contribution in [0, 0.1) is 5.41 Å². The summed E-state index contributed by atoms with van der Waals surface area (Å²) < 4.78 is 11.7. The van der Waals surface area contributed by atoms with E-state index >= 15 is 0 Å². The number of aliphatic imine (C=N–C) groups is 1. The van der Waals surface area contributed by atoms with Gasteiger partial charge in [0.1, 0.15) is 6.10 Å². The molecule has 0 aliphatic carbocycles. The Morgan fingerprint density at radius 1 is 1.22 bits per heavy atom. The fourth-order valence-corrected chi connectivity index (χ4v) is 3.14. The second-order valence-electron chi connectivity index (χ2n) is 7.54. The first-order chi connectivity index (χ1) is 10.5. The van der Waals surface area contributed by atoms with Crippen LogP contribution in [-0.4, -0.2) is 63.0 Å². The number of hydrogen-bond acceptors (Lipinski definition) is 3. The molecule has 0 aromatic heterocycles. The van der Waals surface area contributed by atoms with Gasteiger partial charge in [-0.25, -0.2) is 0 Å². The third-order valence-corrected chi connectivity index (χ3v) is 4.37. The van der Waals surface area contributed by atoms with Crippen LogP contribution < -0.4 is 5.32 Å². The Labute approximate surface area is 158 Å². The highest BCUT2D eigenvalue weighted by Gasteiger charge is 2.32. The van der Waals surface area contributed by atoms with Gasteiger partial charge in [-0.3, -0.25) is 4.99 Å². The zero-order chi connectivity index (χ0) is 16.0. The van der Waals surface area contributed by atoms with E-state index in [0.29, 0.717) is 5.41 Å².